The predicted octanol–water partition coefficient (Wildman–Crippen LogP) is 4.15. The molecule has 0 saturated carbocycles. The summed E-state index contributed by atoms with van der Waals surface area (Å²) in [5.41, 5.74) is 2.32. The molecule has 26 heavy (non-hydrogen) atoms. The Morgan fingerprint density at radius 2 is 2.08 bits per heavy atom. The van der Waals surface area contributed by atoms with Crippen molar-refractivity contribution in [2.75, 3.05) is 13.1 Å². The van der Waals surface area contributed by atoms with Crippen LogP contribution < -0.4 is 0 Å². The molecule has 1 atom stereocenters. The first kappa shape index (κ1) is 17.0. The molecular weight excluding hydrogens is 353 g/mol. The topological polar surface area (TPSA) is 38.1 Å². The highest BCUT2D eigenvalue weighted by molar-refractivity contribution is 6.31. The van der Waals surface area contributed by atoms with Crippen molar-refractivity contribution in [1.82, 2.24) is 14.5 Å². The minimum absolute atomic E-state index is 0.0120. The van der Waals surface area contributed by atoms with Crippen LogP contribution in [0.2, 0.25) is 5.02 Å². The van der Waals surface area contributed by atoms with Gasteiger partial charge in [-0.1, -0.05) is 29.8 Å². The van der Waals surface area contributed by atoms with Gasteiger partial charge in [0.05, 0.1) is 23.5 Å². The first-order valence-corrected chi connectivity index (χ1v) is 9.06. The van der Waals surface area contributed by atoms with Crippen LogP contribution in [0.4, 0.5) is 4.39 Å². The molecule has 0 aliphatic carbocycles. The van der Waals surface area contributed by atoms with Crippen molar-refractivity contribution in [1.29, 1.82) is 0 Å². The maximum Gasteiger partial charge on any atom is 0.227 e. The number of amides is 1. The number of carbonyl (C=O) groups is 1. The lowest BCUT2D eigenvalue weighted by Crippen LogP contribution is -2.31. The number of halogens is 2. The number of imidazole rings is 1. The average Bonchev–Trinajstić information content (AvgIpc) is 3.21. The number of aromatic nitrogens is 2. The molecule has 0 radical (unpaired) electrons. The summed E-state index contributed by atoms with van der Waals surface area (Å²) in [5, 5.41) is 0.297. The van der Waals surface area contributed by atoms with Crippen molar-refractivity contribution in [3.05, 3.63) is 64.7 Å². The van der Waals surface area contributed by atoms with E-state index in [0.29, 0.717) is 18.1 Å². The number of carbonyl (C=O) groups excluding carboxylic acids is 1. The van der Waals surface area contributed by atoms with Gasteiger partial charge >= 0.3 is 0 Å². The predicted molar refractivity (Wildman–Crippen MR) is 99.8 cm³/mol. The first-order chi connectivity index (χ1) is 12.5. The molecule has 3 aromatic rings. The van der Waals surface area contributed by atoms with Crippen molar-refractivity contribution in [2.24, 2.45) is 0 Å². The largest absolute Gasteiger partial charge is 0.340 e. The number of nitrogens with zero attached hydrogens (tertiary/aromatic N) is 3. The van der Waals surface area contributed by atoms with Gasteiger partial charge in [0.15, 0.2) is 0 Å². The number of aryl methyl sites for hydroxylation is 1. The van der Waals surface area contributed by atoms with Gasteiger partial charge in [-0.3, -0.25) is 4.79 Å². The third-order valence-electron chi connectivity index (χ3n) is 5.04. The molecule has 1 aliphatic heterocycles. The smallest absolute Gasteiger partial charge is 0.227 e. The highest BCUT2D eigenvalue weighted by Crippen LogP contribution is 2.29. The zero-order valence-electron chi connectivity index (χ0n) is 14.5. The summed E-state index contributed by atoms with van der Waals surface area (Å²) in [6.07, 6.45) is 0.847. The van der Waals surface area contributed by atoms with Crippen molar-refractivity contribution < 1.29 is 9.18 Å². The number of hydrogen-bond donors (Lipinski definition) is 0. The number of para-hydroxylation sites is 2. The van der Waals surface area contributed by atoms with E-state index in [2.05, 4.69) is 15.6 Å². The van der Waals surface area contributed by atoms with E-state index < -0.39 is 5.82 Å². The maximum absolute atomic E-state index is 14.0. The van der Waals surface area contributed by atoms with Crippen LogP contribution in [0.25, 0.3) is 11.0 Å². The lowest BCUT2D eigenvalue weighted by molar-refractivity contribution is -0.129. The Hall–Kier alpha value is -2.40. The molecule has 4 rings (SSSR count). The van der Waals surface area contributed by atoms with Gasteiger partial charge in [0, 0.05) is 23.7 Å². The van der Waals surface area contributed by atoms with Gasteiger partial charge in [-0.25, -0.2) is 9.37 Å². The standard InChI is InChI=1S/C20H19ClFN3O/c1-13-23-18-7-2-3-8-19(18)25(13)14-9-10-24(12-14)20(26)11-15-16(21)5-4-6-17(15)22/h2-8,14H,9-12H2,1H3. The van der Waals surface area contributed by atoms with Crippen molar-refractivity contribution in [3.8, 4) is 0 Å². The van der Waals surface area contributed by atoms with E-state index in [1.165, 1.54) is 6.07 Å². The summed E-state index contributed by atoms with van der Waals surface area (Å²) in [6, 6.07) is 12.7. The Kier molecular flexibility index (Phi) is 4.41. The quantitative estimate of drug-likeness (QED) is 0.693. The molecule has 1 aromatic heterocycles. The maximum atomic E-state index is 14.0. The Morgan fingerprint density at radius 1 is 1.27 bits per heavy atom. The molecule has 1 aliphatic rings. The molecular formula is C20H19ClFN3O. The Morgan fingerprint density at radius 3 is 2.88 bits per heavy atom. The van der Waals surface area contributed by atoms with Crippen LogP contribution in [0.15, 0.2) is 42.5 Å². The highest BCUT2D eigenvalue weighted by Gasteiger charge is 2.29. The van der Waals surface area contributed by atoms with Gasteiger partial charge in [0.25, 0.3) is 0 Å². The van der Waals surface area contributed by atoms with E-state index in [0.717, 1.165) is 23.3 Å². The number of benzene rings is 2. The molecule has 0 spiro atoms. The molecule has 6 heteroatoms. The highest BCUT2D eigenvalue weighted by atomic mass is 35.5. The SMILES string of the molecule is Cc1nc2ccccc2n1C1CCN(C(=O)Cc2c(F)cccc2Cl)C1. The minimum atomic E-state index is -0.432. The van der Waals surface area contributed by atoms with Crippen LogP contribution in [0.5, 0.6) is 0 Å². The molecule has 2 heterocycles. The van der Waals surface area contributed by atoms with E-state index in [1.807, 2.05) is 25.1 Å². The Labute approximate surface area is 156 Å². The van der Waals surface area contributed by atoms with E-state index >= 15 is 0 Å². The fourth-order valence-corrected chi connectivity index (χ4v) is 4.00. The number of fused-ring (bicyclic) bond motifs is 1. The Bertz CT molecular complexity index is 964. The zero-order chi connectivity index (χ0) is 18.3. The second-order valence-electron chi connectivity index (χ2n) is 6.68. The van der Waals surface area contributed by atoms with Crippen LogP contribution >= 0.6 is 11.6 Å². The second kappa shape index (κ2) is 6.72. The molecule has 134 valence electrons. The normalized spacial score (nSPS) is 17.2. The molecule has 1 fully saturated rings. The first-order valence-electron chi connectivity index (χ1n) is 8.69. The van der Waals surface area contributed by atoms with Gasteiger partial charge in [0.1, 0.15) is 11.6 Å². The molecule has 2 aromatic carbocycles. The van der Waals surface area contributed by atoms with Crippen LogP contribution in [0.1, 0.15) is 23.9 Å². The van der Waals surface area contributed by atoms with Crippen molar-refractivity contribution in [2.45, 2.75) is 25.8 Å². The summed E-state index contributed by atoms with van der Waals surface area (Å²) < 4.78 is 16.2. The van der Waals surface area contributed by atoms with E-state index in [4.69, 9.17) is 11.6 Å². The number of likely N-dealkylation sites (tertiary alicyclic amines) is 1. The van der Waals surface area contributed by atoms with Crippen LogP contribution in [0.3, 0.4) is 0 Å². The lowest BCUT2D eigenvalue weighted by Gasteiger charge is -2.19. The summed E-state index contributed by atoms with van der Waals surface area (Å²) in [6.45, 7) is 3.25. The second-order valence-corrected chi connectivity index (χ2v) is 7.08. The summed E-state index contributed by atoms with van der Waals surface area (Å²) >= 11 is 6.05. The molecule has 0 bridgehead atoms. The average molecular weight is 372 g/mol. The summed E-state index contributed by atoms with van der Waals surface area (Å²) in [5.74, 6) is 0.419. The van der Waals surface area contributed by atoms with E-state index in [9.17, 15) is 9.18 Å². The van der Waals surface area contributed by atoms with Gasteiger partial charge in [-0.2, -0.15) is 0 Å². The van der Waals surface area contributed by atoms with Gasteiger partial charge in [-0.15, -0.1) is 0 Å². The van der Waals surface area contributed by atoms with Gasteiger partial charge in [-0.05, 0) is 37.6 Å². The van der Waals surface area contributed by atoms with Crippen LogP contribution in [-0.4, -0.2) is 33.4 Å². The van der Waals surface area contributed by atoms with Crippen LogP contribution in [0, 0.1) is 12.7 Å². The molecule has 1 unspecified atom stereocenters. The Balaban J connectivity index is 1.53. The molecule has 4 nitrogen and oxygen atoms in total. The third kappa shape index (κ3) is 2.97. The van der Waals surface area contributed by atoms with Crippen LogP contribution in [-0.2, 0) is 11.2 Å². The number of rotatable bonds is 3. The number of hydrogen-bond acceptors (Lipinski definition) is 2. The summed E-state index contributed by atoms with van der Waals surface area (Å²) in [4.78, 5) is 19.1. The fourth-order valence-electron chi connectivity index (χ4n) is 3.77. The molecule has 0 N–H and O–H groups in total. The van der Waals surface area contributed by atoms with Crippen molar-refractivity contribution in [3.63, 3.8) is 0 Å². The molecule has 1 amide bonds. The van der Waals surface area contributed by atoms with E-state index in [-0.39, 0.29) is 23.9 Å². The molecule has 1 saturated heterocycles. The minimum Gasteiger partial charge on any atom is -0.340 e. The monoisotopic (exact) mass is 371 g/mol. The fraction of sp³-hybridized carbons (Fsp3) is 0.300. The summed E-state index contributed by atoms with van der Waals surface area (Å²) in [7, 11) is 0. The zero-order valence-corrected chi connectivity index (χ0v) is 15.2. The van der Waals surface area contributed by atoms with Gasteiger partial charge < -0.3 is 9.47 Å². The van der Waals surface area contributed by atoms with Crippen molar-refractivity contribution >= 4 is 28.5 Å². The third-order valence-corrected chi connectivity index (χ3v) is 5.40. The lowest BCUT2D eigenvalue weighted by atomic mass is 10.1. The van der Waals surface area contributed by atoms with E-state index in [1.54, 1.807) is 17.0 Å². The van der Waals surface area contributed by atoms with Gasteiger partial charge in [0.2, 0.25) is 5.91 Å².